The van der Waals surface area contributed by atoms with Gasteiger partial charge in [0.1, 0.15) is 17.0 Å². The Balaban J connectivity index is 1.95. The van der Waals surface area contributed by atoms with E-state index in [0.717, 1.165) is 28.9 Å². The normalized spacial score (nSPS) is 26.0. The van der Waals surface area contributed by atoms with E-state index < -0.39 is 11.4 Å². The molecule has 1 aliphatic rings. The molecule has 3 rings (SSSR count). The van der Waals surface area contributed by atoms with Gasteiger partial charge >= 0.3 is 5.97 Å². The molecule has 1 saturated carbocycles. The minimum absolute atomic E-state index is 0.0849. The molecule has 1 aliphatic carbocycles. The average molecular weight is 291 g/mol. The molecule has 2 N–H and O–H groups in total. The quantitative estimate of drug-likeness (QED) is 0.909. The van der Waals surface area contributed by atoms with Gasteiger partial charge < -0.3 is 10.4 Å². The molecule has 0 saturated heterocycles. The van der Waals surface area contributed by atoms with Gasteiger partial charge in [0.15, 0.2) is 0 Å². The van der Waals surface area contributed by atoms with Crippen LogP contribution in [-0.2, 0) is 4.79 Å². The van der Waals surface area contributed by atoms with E-state index in [1.54, 1.807) is 11.3 Å². The van der Waals surface area contributed by atoms with Gasteiger partial charge in [-0.25, -0.2) is 9.97 Å². The van der Waals surface area contributed by atoms with Crippen molar-refractivity contribution in [3.05, 3.63) is 17.3 Å². The zero-order valence-electron chi connectivity index (χ0n) is 11.5. The van der Waals surface area contributed by atoms with Gasteiger partial charge in [-0.05, 0) is 32.8 Å². The van der Waals surface area contributed by atoms with Gasteiger partial charge in [-0.15, -0.1) is 11.3 Å². The summed E-state index contributed by atoms with van der Waals surface area (Å²) in [6, 6.07) is 1.97. The third kappa shape index (κ3) is 2.04. The molecule has 0 bridgehead atoms. The summed E-state index contributed by atoms with van der Waals surface area (Å²) in [6.45, 7) is 3.85. The van der Waals surface area contributed by atoms with Crippen LogP contribution in [0.25, 0.3) is 10.2 Å². The van der Waals surface area contributed by atoms with Gasteiger partial charge in [-0.2, -0.15) is 0 Å². The highest BCUT2D eigenvalue weighted by molar-refractivity contribution is 7.18. The number of hydrogen-bond acceptors (Lipinski definition) is 5. The fourth-order valence-electron chi connectivity index (χ4n) is 2.91. The molecular weight excluding hydrogens is 274 g/mol. The van der Waals surface area contributed by atoms with Crippen LogP contribution in [0.3, 0.4) is 0 Å². The average Bonchev–Trinajstić information content (AvgIpc) is 2.94. The van der Waals surface area contributed by atoms with Crippen LogP contribution in [0.15, 0.2) is 12.4 Å². The van der Waals surface area contributed by atoms with Crippen LogP contribution in [0.4, 0.5) is 5.82 Å². The number of hydrogen-bond donors (Lipinski definition) is 2. The van der Waals surface area contributed by atoms with Crippen molar-refractivity contribution in [2.45, 2.75) is 39.2 Å². The predicted molar refractivity (Wildman–Crippen MR) is 79.2 cm³/mol. The molecule has 0 radical (unpaired) electrons. The van der Waals surface area contributed by atoms with Gasteiger partial charge in [0.2, 0.25) is 0 Å². The van der Waals surface area contributed by atoms with E-state index in [1.807, 2.05) is 13.8 Å². The Morgan fingerprint density at radius 3 is 3.10 bits per heavy atom. The summed E-state index contributed by atoms with van der Waals surface area (Å²) in [6.07, 6.45) is 4.03. The van der Waals surface area contributed by atoms with Gasteiger partial charge in [0, 0.05) is 10.9 Å². The Bertz CT molecular complexity index is 669. The predicted octanol–water partition coefficient (Wildman–Crippen LogP) is 3.06. The number of aliphatic carboxylic acids is 1. The second-order valence-corrected chi connectivity index (χ2v) is 6.84. The third-order valence-electron chi connectivity index (χ3n) is 4.21. The van der Waals surface area contributed by atoms with Crippen molar-refractivity contribution >= 4 is 33.3 Å². The summed E-state index contributed by atoms with van der Waals surface area (Å²) >= 11 is 1.62. The van der Waals surface area contributed by atoms with Crippen molar-refractivity contribution in [3.63, 3.8) is 0 Å². The Kier molecular flexibility index (Phi) is 3.12. The molecule has 0 spiro atoms. The summed E-state index contributed by atoms with van der Waals surface area (Å²) in [7, 11) is 0. The molecule has 2 aromatic rings. The van der Waals surface area contributed by atoms with E-state index in [-0.39, 0.29) is 6.04 Å². The lowest BCUT2D eigenvalue weighted by atomic mass is 9.85. The summed E-state index contributed by atoms with van der Waals surface area (Å²) in [4.78, 5) is 22.2. The minimum Gasteiger partial charge on any atom is -0.481 e. The van der Waals surface area contributed by atoms with Gasteiger partial charge in [0.25, 0.3) is 0 Å². The van der Waals surface area contributed by atoms with Gasteiger partial charge in [-0.1, -0.05) is 6.42 Å². The number of rotatable bonds is 3. The Hall–Kier alpha value is -1.69. The van der Waals surface area contributed by atoms with Crippen LogP contribution in [0.1, 0.15) is 31.1 Å². The zero-order chi connectivity index (χ0) is 14.3. The standard InChI is InChI=1S/C14H17N3O2S/c1-8-6-9-11(15-7-16-12(9)20-8)17-10-4-3-5-14(10,2)13(18)19/h6-7,10H,3-5H2,1-2H3,(H,18,19)(H,15,16,17). The van der Waals surface area contributed by atoms with E-state index in [1.165, 1.54) is 11.2 Å². The van der Waals surface area contributed by atoms with Crippen molar-refractivity contribution in [2.75, 3.05) is 5.32 Å². The van der Waals surface area contributed by atoms with Crippen LogP contribution < -0.4 is 5.32 Å². The molecule has 0 aromatic carbocycles. The molecule has 6 heteroatoms. The molecule has 106 valence electrons. The van der Waals surface area contributed by atoms with E-state index in [9.17, 15) is 9.90 Å². The number of nitrogens with zero attached hydrogens (tertiary/aromatic N) is 2. The largest absolute Gasteiger partial charge is 0.481 e. The highest BCUT2D eigenvalue weighted by Crippen LogP contribution is 2.40. The number of fused-ring (bicyclic) bond motifs is 1. The summed E-state index contributed by atoms with van der Waals surface area (Å²) in [5, 5.41) is 13.8. The van der Waals surface area contributed by atoms with E-state index in [0.29, 0.717) is 6.42 Å². The SMILES string of the molecule is Cc1cc2c(NC3CCCC3(C)C(=O)O)ncnc2s1. The Morgan fingerprint density at radius 1 is 1.55 bits per heavy atom. The smallest absolute Gasteiger partial charge is 0.311 e. The van der Waals surface area contributed by atoms with Crippen LogP contribution in [0, 0.1) is 12.3 Å². The molecular formula is C14H17N3O2S. The first kappa shape index (κ1) is 13.3. The van der Waals surface area contributed by atoms with Crippen molar-refractivity contribution < 1.29 is 9.90 Å². The Morgan fingerprint density at radius 2 is 2.35 bits per heavy atom. The van der Waals surface area contributed by atoms with Crippen LogP contribution in [-0.4, -0.2) is 27.1 Å². The first-order valence-corrected chi connectivity index (χ1v) is 7.53. The number of aryl methyl sites for hydroxylation is 1. The van der Waals surface area contributed by atoms with E-state index >= 15 is 0 Å². The van der Waals surface area contributed by atoms with Crippen LogP contribution in [0.2, 0.25) is 0 Å². The molecule has 0 amide bonds. The number of aromatic nitrogens is 2. The summed E-state index contributed by atoms with van der Waals surface area (Å²) < 4.78 is 0. The molecule has 0 aliphatic heterocycles. The topological polar surface area (TPSA) is 75.1 Å². The van der Waals surface area contributed by atoms with E-state index in [2.05, 4.69) is 21.4 Å². The first-order chi connectivity index (χ1) is 9.50. The van der Waals surface area contributed by atoms with Gasteiger partial charge in [-0.3, -0.25) is 4.79 Å². The molecule has 2 unspecified atom stereocenters. The number of carbonyl (C=O) groups is 1. The molecule has 2 heterocycles. The second kappa shape index (κ2) is 4.70. The van der Waals surface area contributed by atoms with Crippen molar-refractivity contribution in [1.82, 2.24) is 9.97 Å². The zero-order valence-corrected chi connectivity index (χ0v) is 12.3. The van der Waals surface area contributed by atoms with Crippen LogP contribution in [0.5, 0.6) is 0 Å². The fourth-order valence-corrected chi connectivity index (χ4v) is 3.76. The lowest BCUT2D eigenvalue weighted by Crippen LogP contribution is -2.40. The number of anilines is 1. The number of carboxylic acid groups (broad SMARTS) is 1. The van der Waals surface area contributed by atoms with Gasteiger partial charge in [0.05, 0.1) is 10.8 Å². The second-order valence-electron chi connectivity index (χ2n) is 5.61. The molecule has 1 fully saturated rings. The van der Waals surface area contributed by atoms with Crippen molar-refractivity contribution in [3.8, 4) is 0 Å². The maximum Gasteiger partial charge on any atom is 0.311 e. The number of carboxylic acids is 1. The highest BCUT2D eigenvalue weighted by atomic mass is 32.1. The maximum absolute atomic E-state index is 11.5. The Labute approximate surface area is 121 Å². The molecule has 2 atom stereocenters. The third-order valence-corrected chi connectivity index (χ3v) is 5.17. The monoisotopic (exact) mass is 291 g/mol. The molecule has 5 nitrogen and oxygen atoms in total. The fraction of sp³-hybridized carbons (Fsp3) is 0.500. The minimum atomic E-state index is -0.737. The number of nitrogens with one attached hydrogen (secondary N) is 1. The first-order valence-electron chi connectivity index (χ1n) is 6.72. The van der Waals surface area contributed by atoms with Crippen molar-refractivity contribution in [1.29, 1.82) is 0 Å². The lowest BCUT2D eigenvalue weighted by Gasteiger charge is -2.28. The number of thiophene rings is 1. The van der Waals surface area contributed by atoms with Crippen LogP contribution >= 0.6 is 11.3 Å². The molecule has 20 heavy (non-hydrogen) atoms. The lowest BCUT2D eigenvalue weighted by molar-refractivity contribution is -0.147. The summed E-state index contributed by atoms with van der Waals surface area (Å²) in [5.74, 6) is 0.0121. The van der Waals surface area contributed by atoms with E-state index in [4.69, 9.17) is 0 Å². The molecule has 2 aromatic heterocycles. The maximum atomic E-state index is 11.5. The van der Waals surface area contributed by atoms with Crippen molar-refractivity contribution in [2.24, 2.45) is 5.41 Å². The summed E-state index contributed by atoms with van der Waals surface area (Å²) in [5.41, 5.74) is -0.720. The highest BCUT2D eigenvalue weighted by Gasteiger charge is 2.45.